The van der Waals surface area contributed by atoms with Crippen LogP contribution in [0, 0.1) is 24.0 Å². The van der Waals surface area contributed by atoms with Gasteiger partial charge in [-0.15, -0.1) is 0 Å². The number of non-ortho nitro benzene ring substituents is 1. The molecule has 2 heterocycles. The van der Waals surface area contributed by atoms with E-state index in [4.69, 9.17) is 4.74 Å². The summed E-state index contributed by atoms with van der Waals surface area (Å²) in [7, 11) is 0. The van der Waals surface area contributed by atoms with E-state index in [2.05, 4.69) is 16.1 Å². The lowest BCUT2D eigenvalue weighted by atomic mass is 10.2. The van der Waals surface area contributed by atoms with Gasteiger partial charge in [-0.25, -0.2) is 0 Å². The minimum absolute atomic E-state index is 0.0527. The van der Waals surface area contributed by atoms with Crippen molar-refractivity contribution in [2.45, 2.75) is 26.5 Å². The number of aromatic nitrogens is 2. The first-order chi connectivity index (χ1) is 11.0. The van der Waals surface area contributed by atoms with Gasteiger partial charge in [-0.2, -0.15) is 5.10 Å². The Hall–Kier alpha value is -2.41. The van der Waals surface area contributed by atoms with E-state index in [1.807, 2.05) is 18.5 Å². The number of rotatable bonds is 4. The largest absolute Gasteiger partial charge is 0.373 e. The molecule has 1 aliphatic rings. The molecule has 1 aromatic carbocycles. The van der Waals surface area contributed by atoms with Crippen molar-refractivity contribution < 1.29 is 9.66 Å². The van der Waals surface area contributed by atoms with Gasteiger partial charge in [0.2, 0.25) is 0 Å². The molecule has 23 heavy (non-hydrogen) atoms. The number of ether oxygens (including phenoxy) is 1. The normalized spacial score (nSPS) is 18.2. The average Bonchev–Trinajstić information content (AvgIpc) is 2.85. The van der Waals surface area contributed by atoms with Crippen molar-refractivity contribution in [1.29, 1.82) is 0 Å². The zero-order valence-electron chi connectivity index (χ0n) is 13.3. The molecule has 0 aliphatic carbocycles. The van der Waals surface area contributed by atoms with Crippen LogP contribution in [0.25, 0.3) is 0 Å². The first kappa shape index (κ1) is 15.5. The second kappa shape index (κ2) is 6.37. The summed E-state index contributed by atoms with van der Waals surface area (Å²) in [4.78, 5) is 12.6. The Bertz CT molecular complexity index is 696. The van der Waals surface area contributed by atoms with Crippen LogP contribution in [0.2, 0.25) is 0 Å². The van der Waals surface area contributed by atoms with Gasteiger partial charge in [0.05, 0.1) is 29.9 Å². The Morgan fingerprint density at radius 1 is 1.35 bits per heavy atom. The molecular formula is C16H20N4O3. The van der Waals surface area contributed by atoms with E-state index in [1.165, 1.54) is 0 Å². The fourth-order valence-electron chi connectivity index (χ4n) is 2.90. The predicted molar refractivity (Wildman–Crippen MR) is 86.8 cm³/mol. The van der Waals surface area contributed by atoms with Gasteiger partial charge in [0.1, 0.15) is 0 Å². The van der Waals surface area contributed by atoms with Crippen LogP contribution in [-0.2, 0) is 11.3 Å². The molecular weight excluding hydrogens is 296 g/mol. The minimum atomic E-state index is -0.380. The van der Waals surface area contributed by atoms with Gasteiger partial charge < -0.3 is 9.64 Å². The van der Waals surface area contributed by atoms with E-state index in [-0.39, 0.29) is 16.7 Å². The van der Waals surface area contributed by atoms with Crippen LogP contribution in [0.4, 0.5) is 11.4 Å². The maximum atomic E-state index is 10.7. The van der Waals surface area contributed by atoms with Gasteiger partial charge in [0.25, 0.3) is 5.69 Å². The third-order valence-corrected chi connectivity index (χ3v) is 4.04. The van der Waals surface area contributed by atoms with Crippen LogP contribution < -0.4 is 4.90 Å². The molecule has 0 N–H and O–H groups in total. The van der Waals surface area contributed by atoms with Crippen molar-refractivity contribution in [1.82, 2.24) is 9.78 Å². The summed E-state index contributed by atoms with van der Waals surface area (Å²) in [5.74, 6) is 0. The highest BCUT2D eigenvalue weighted by atomic mass is 16.6. The van der Waals surface area contributed by atoms with Gasteiger partial charge in [-0.05, 0) is 32.0 Å². The lowest BCUT2D eigenvalue weighted by Gasteiger charge is -2.34. The van der Waals surface area contributed by atoms with Crippen LogP contribution in [0.5, 0.6) is 0 Å². The smallest absolute Gasteiger partial charge is 0.269 e. The Balaban J connectivity index is 1.68. The second-order valence-electron chi connectivity index (χ2n) is 5.82. The van der Waals surface area contributed by atoms with Crippen LogP contribution in [0.3, 0.4) is 0 Å². The maximum absolute atomic E-state index is 10.7. The lowest BCUT2D eigenvalue weighted by Crippen LogP contribution is -2.44. The highest BCUT2D eigenvalue weighted by molar-refractivity contribution is 5.51. The number of hydrogen-bond acceptors (Lipinski definition) is 5. The zero-order chi connectivity index (χ0) is 16.4. The van der Waals surface area contributed by atoms with Gasteiger partial charge in [-0.3, -0.25) is 14.8 Å². The molecule has 1 aromatic heterocycles. The van der Waals surface area contributed by atoms with Crippen molar-refractivity contribution >= 4 is 11.4 Å². The molecule has 0 radical (unpaired) electrons. The average molecular weight is 316 g/mol. The van der Waals surface area contributed by atoms with Crippen molar-refractivity contribution in [3.05, 3.63) is 51.8 Å². The molecule has 1 atom stereocenters. The minimum Gasteiger partial charge on any atom is -0.373 e. The van der Waals surface area contributed by atoms with Crippen molar-refractivity contribution in [2.75, 3.05) is 24.6 Å². The van der Waals surface area contributed by atoms with Crippen molar-refractivity contribution in [3.63, 3.8) is 0 Å². The highest BCUT2D eigenvalue weighted by Gasteiger charge is 2.22. The van der Waals surface area contributed by atoms with Gasteiger partial charge >= 0.3 is 0 Å². The van der Waals surface area contributed by atoms with E-state index in [0.29, 0.717) is 13.2 Å². The number of hydrogen-bond donors (Lipinski definition) is 0. The molecule has 0 bridgehead atoms. The second-order valence-corrected chi connectivity index (χ2v) is 5.82. The number of anilines is 1. The van der Waals surface area contributed by atoms with E-state index in [1.54, 1.807) is 24.3 Å². The topological polar surface area (TPSA) is 73.4 Å². The number of morpholine rings is 1. The Kier molecular flexibility index (Phi) is 4.29. The number of benzene rings is 1. The summed E-state index contributed by atoms with van der Waals surface area (Å²) in [5, 5.41) is 15.2. The molecule has 3 rings (SSSR count). The van der Waals surface area contributed by atoms with E-state index in [0.717, 1.165) is 30.2 Å². The van der Waals surface area contributed by atoms with Gasteiger partial charge in [-0.1, -0.05) is 0 Å². The molecule has 1 unspecified atom stereocenters. The van der Waals surface area contributed by atoms with Crippen LogP contribution in [0.1, 0.15) is 11.4 Å². The molecule has 1 aliphatic heterocycles. The van der Waals surface area contributed by atoms with Crippen molar-refractivity contribution in [3.8, 4) is 0 Å². The lowest BCUT2D eigenvalue weighted by molar-refractivity contribution is -0.384. The monoisotopic (exact) mass is 316 g/mol. The molecule has 122 valence electrons. The van der Waals surface area contributed by atoms with E-state index < -0.39 is 0 Å². The molecule has 0 amide bonds. The first-order valence-corrected chi connectivity index (χ1v) is 7.65. The fourth-order valence-corrected chi connectivity index (χ4v) is 2.90. The summed E-state index contributed by atoms with van der Waals surface area (Å²) in [6.45, 7) is 6.90. The summed E-state index contributed by atoms with van der Waals surface area (Å²) >= 11 is 0. The molecule has 7 heteroatoms. The van der Waals surface area contributed by atoms with Gasteiger partial charge in [0.15, 0.2) is 0 Å². The fraction of sp³-hybridized carbons (Fsp3) is 0.438. The molecule has 1 fully saturated rings. The van der Waals surface area contributed by atoms with Crippen molar-refractivity contribution in [2.24, 2.45) is 0 Å². The van der Waals surface area contributed by atoms with E-state index in [9.17, 15) is 10.1 Å². The molecule has 2 aromatic rings. The first-order valence-electron chi connectivity index (χ1n) is 7.65. The number of nitrogens with zero attached hydrogens (tertiary/aromatic N) is 4. The number of nitro benzene ring substituents is 1. The maximum Gasteiger partial charge on any atom is 0.269 e. The quantitative estimate of drug-likeness (QED) is 0.639. The highest BCUT2D eigenvalue weighted by Crippen LogP contribution is 2.22. The molecule has 1 saturated heterocycles. The summed E-state index contributed by atoms with van der Waals surface area (Å²) in [5.41, 5.74) is 3.22. The molecule has 0 saturated carbocycles. The van der Waals surface area contributed by atoms with Crippen LogP contribution in [-0.4, -0.2) is 40.5 Å². The van der Waals surface area contributed by atoms with E-state index >= 15 is 0 Å². The predicted octanol–water partition coefficient (Wildman–Crippen LogP) is 2.31. The SMILES string of the molecule is Cc1cc(C)n(CC2CN(c3ccc([N+](=O)[O-])cc3)CCO2)n1. The van der Waals surface area contributed by atoms with Crippen LogP contribution >= 0.6 is 0 Å². The third kappa shape index (κ3) is 3.50. The Morgan fingerprint density at radius 2 is 2.09 bits per heavy atom. The Morgan fingerprint density at radius 3 is 2.70 bits per heavy atom. The standard InChI is InChI=1S/C16H20N4O3/c1-12-9-13(2)19(17-12)11-16-10-18(7-8-23-16)14-3-5-15(6-4-14)20(21)22/h3-6,9,16H,7-8,10-11H2,1-2H3. The summed E-state index contributed by atoms with van der Waals surface area (Å²) < 4.78 is 7.82. The summed E-state index contributed by atoms with van der Waals surface area (Å²) in [6, 6.07) is 8.73. The van der Waals surface area contributed by atoms with Crippen LogP contribution in [0.15, 0.2) is 30.3 Å². The van der Waals surface area contributed by atoms with Gasteiger partial charge in [0, 0.05) is 36.6 Å². The molecule has 7 nitrogen and oxygen atoms in total. The zero-order valence-corrected chi connectivity index (χ0v) is 13.3. The number of nitro groups is 1. The number of aryl methyl sites for hydroxylation is 2. The summed E-state index contributed by atoms with van der Waals surface area (Å²) in [6.07, 6.45) is 0.0527. The third-order valence-electron chi connectivity index (χ3n) is 4.04. The Labute approximate surface area is 134 Å². The molecule has 0 spiro atoms.